The molecule has 2 amide bonds. The molecule has 3 rings (SSSR count). The van der Waals surface area contributed by atoms with Gasteiger partial charge >= 0.3 is 0 Å². The summed E-state index contributed by atoms with van der Waals surface area (Å²) in [6, 6.07) is 12.6. The van der Waals surface area contributed by atoms with Crippen LogP contribution >= 0.6 is 34.2 Å². The summed E-state index contributed by atoms with van der Waals surface area (Å²) < 4.78 is 0.950. The highest BCUT2D eigenvalue weighted by Crippen LogP contribution is 2.26. The second-order valence-corrected chi connectivity index (χ2v) is 8.12. The van der Waals surface area contributed by atoms with Crippen LogP contribution in [0, 0.1) is 3.57 Å². The van der Waals surface area contributed by atoms with Crippen molar-refractivity contribution in [2.24, 2.45) is 0 Å². The first-order valence-electron chi connectivity index (χ1n) is 8.64. The molecule has 1 saturated heterocycles. The average molecular weight is 483 g/mol. The van der Waals surface area contributed by atoms with Crippen molar-refractivity contribution < 1.29 is 9.59 Å². The number of amides is 2. The van der Waals surface area contributed by atoms with E-state index in [-0.39, 0.29) is 17.9 Å². The van der Waals surface area contributed by atoms with Gasteiger partial charge in [0.25, 0.3) is 11.8 Å². The molecule has 0 bridgehead atoms. The van der Waals surface area contributed by atoms with Crippen molar-refractivity contribution in [3.8, 4) is 0 Å². The summed E-state index contributed by atoms with van der Waals surface area (Å²) in [4.78, 5) is 27.6. The van der Waals surface area contributed by atoms with Crippen LogP contribution in [0.4, 0.5) is 5.69 Å². The third-order valence-electron chi connectivity index (χ3n) is 4.64. The van der Waals surface area contributed by atoms with E-state index in [0.717, 1.165) is 29.4 Å². The van der Waals surface area contributed by atoms with Crippen molar-refractivity contribution in [2.45, 2.75) is 32.2 Å². The zero-order valence-corrected chi connectivity index (χ0v) is 17.4. The minimum Gasteiger partial charge on any atom is -0.336 e. The third-order valence-corrected chi connectivity index (χ3v) is 5.64. The van der Waals surface area contributed by atoms with Gasteiger partial charge in [0.1, 0.15) is 0 Å². The maximum atomic E-state index is 13.1. The molecule has 1 heterocycles. The normalized spacial score (nSPS) is 17.0. The van der Waals surface area contributed by atoms with E-state index < -0.39 is 0 Å². The topological polar surface area (TPSA) is 49.4 Å². The predicted octanol–water partition coefficient (Wildman–Crippen LogP) is 5.21. The molecular formula is C20H20ClIN2O2. The first-order valence-corrected chi connectivity index (χ1v) is 10.1. The van der Waals surface area contributed by atoms with Gasteiger partial charge in [-0.15, -0.1) is 0 Å². The first kappa shape index (κ1) is 19.2. The Bertz CT molecular complexity index is 840. The highest BCUT2D eigenvalue weighted by Gasteiger charge is 2.26. The molecule has 1 fully saturated rings. The van der Waals surface area contributed by atoms with Gasteiger partial charge in [-0.1, -0.05) is 23.7 Å². The average Bonchev–Trinajstić information content (AvgIpc) is 2.63. The molecule has 0 saturated carbocycles. The summed E-state index contributed by atoms with van der Waals surface area (Å²) in [6.45, 7) is 2.83. The number of rotatable bonds is 3. The van der Waals surface area contributed by atoms with E-state index in [0.29, 0.717) is 21.8 Å². The van der Waals surface area contributed by atoms with Crippen LogP contribution in [0.1, 0.15) is 46.9 Å². The van der Waals surface area contributed by atoms with E-state index >= 15 is 0 Å². The van der Waals surface area contributed by atoms with E-state index in [1.54, 1.807) is 30.3 Å². The summed E-state index contributed by atoms with van der Waals surface area (Å²) in [5, 5.41) is 3.24. The van der Waals surface area contributed by atoms with Crippen LogP contribution in [-0.2, 0) is 0 Å². The van der Waals surface area contributed by atoms with Crippen molar-refractivity contribution in [1.29, 1.82) is 0 Å². The molecule has 0 spiro atoms. The third kappa shape index (κ3) is 4.20. The second-order valence-electron chi connectivity index (χ2n) is 6.47. The Morgan fingerprint density at radius 2 is 1.92 bits per heavy atom. The minimum atomic E-state index is -0.322. The number of benzene rings is 2. The quantitative estimate of drug-likeness (QED) is 0.611. The van der Waals surface area contributed by atoms with Crippen molar-refractivity contribution >= 4 is 51.7 Å². The van der Waals surface area contributed by atoms with Crippen LogP contribution in [-0.4, -0.2) is 29.3 Å². The molecule has 136 valence electrons. The summed E-state index contributed by atoms with van der Waals surface area (Å²) in [7, 11) is 0. The number of anilines is 1. The molecule has 1 atom stereocenters. The Kier molecular flexibility index (Phi) is 6.19. The van der Waals surface area contributed by atoms with Gasteiger partial charge in [0.2, 0.25) is 0 Å². The van der Waals surface area contributed by atoms with Crippen LogP contribution < -0.4 is 5.32 Å². The van der Waals surface area contributed by atoms with Crippen molar-refractivity contribution in [2.75, 3.05) is 11.9 Å². The summed E-state index contributed by atoms with van der Waals surface area (Å²) in [6.07, 6.45) is 3.17. The number of halogens is 2. The van der Waals surface area contributed by atoms with E-state index in [2.05, 4.69) is 34.8 Å². The van der Waals surface area contributed by atoms with Crippen molar-refractivity contribution in [1.82, 2.24) is 4.90 Å². The van der Waals surface area contributed by atoms with Crippen LogP contribution in [0.15, 0.2) is 42.5 Å². The van der Waals surface area contributed by atoms with Crippen molar-refractivity contribution in [3.63, 3.8) is 0 Å². The molecule has 2 aromatic rings. The molecule has 4 nitrogen and oxygen atoms in total. The summed E-state index contributed by atoms with van der Waals surface area (Å²) in [5.74, 6) is -0.359. The molecule has 1 N–H and O–H groups in total. The number of nitrogens with zero attached hydrogens (tertiary/aromatic N) is 1. The second kappa shape index (κ2) is 8.39. The van der Waals surface area contributed by atoms with Crippen LogP contribution in [0.2, 0.25) is 5.02 Å². The van der Waals surface area contributed by atoms with Crippen molar-refractivity contribution in [3.05, 3.63) is 62.2 Å². The van der Waals surface area contributed by atoms with E-state index in [9.17, 15) is 9.59 Å². The lowest BCUT2D eigenvalue weighted by Gasteiger charge is -2.34. The molecule has 6 heteroatoms. The fourth-order valence-electron chi connectivity index (χ4n) is 3.19. The zero-order chi connectivity index (χ0) is 18.7. The minimum absolute atomic E-state index is 0.0369. The number of carbonyl (C=O) groups is 2. The lowest BCUT2D eigenvalue weighted by molar-refractivity contribution is 0.0636. The maximum Gasteiger partial charge on any atom is 0.257 e. The number of likely N-dealkylation sites (tertiary alicyclic amines) is 1. The van der Waals surface area contributed by atoms with Gasteiger partial charge in [-0.3, -0.25) is 9.59 Å². The highest BCUT2D eigenvalue weighted by atomic mass is 127. The van der Waals surface area contributed by atoms with Gasteiger partial charge < -0.3 is 10.2 Å². The number of piperidine rings is 1. The van der Waals surface area contributed by atoms with Gasteiger partial charge in [-0.25, -0.2) is 0 Å². The molecule has 26 heavy (non-hydrogen) atoms. The molecule has 1 aliphatic rings. The molecule has 0 radical (unpaired) electrons. The number of hydrogen-bond acceptors (Lipinski definition) is 2. The fourth-order valence-corrected chi connectivity index (χ4v) is 3.90. The van der Waals surface area contributed by atoms with Gasteiger partial charge in [0.15, 0.2) is 0 Å². The van der Waals surface area contributed by atoms with E-state index in [1.807, 2.05) is 17.0 Å². The SMILES string of the molecule is CC1CCCCN1C(=O)c1cc(I)ccc1NC(=O)c1ccccc1Cl. The van der Waals surface area contributed by atoms with Crippen LogP contribution in [0.25, 0.3) is 0 Å². The Morgan fingerprint density at radius 1 is 1.15 bits per heavy atom. The van der Waals surface area contributed by atoms with Crippen LogP contribution in [0.3, 0.4) is 0 Å². The Labute approximate surface area is 172 Å². The number of carbonyl (C=O) groups excluding carboxylic acids is 2. The Morgan fingerprint density at radius 3 is 2.65 bits per heavy atom. The molecule has 0 aliphatic carbocycles. The van der Waals surface area contributed by atoms with Gasteiger partial charge in [0, 0.05) is 16.2 Å². The molecule has 1 aliphatic heterocycles. The zero-order valence-electron chi connectivity index (χ0n) is 14.5. The number of hydrogen-bond donors (Lipinski definition) is 1. The molecule has 0 aromatic heterocycles. The molecule has 2 aromatic carbocycles. The monoisotopic (exact) mass is 482 g/mol. The number of nitrogens with one attached hydrogen (secondary N) is 1. The lowest BCUT2D eigenvalue weighted by Crippen LogP contribution is -2.42. The first-order chi connectivity index (χ1) is 12.5. The standard InChI is InChI=1S/C20H20ClIN2O2/c1-13-6-4-5-11-24(13)20(26)16-12-14(22)9-10-18(16)23-19(25)15-7-2-3-8-17(15)21/h2-3,7-10,12-13H,4-6,11H2,1H3,(H,23,25). The van der Waals surface area contributed by atoms with Gasteiger partial charge in [0.05, 0.1) is 21.8 Å². The largest absolute Gasteiger partial charge is 0.336 e. The fraction of sp³-hybridized carbons (Fsp3) is 0.300. The Balaban J connectivity index is 1.90. The van der Waals surface area contributed by atoms with E-state index in [1.165, 1.54) is 0 Å². The highest BCUT2D eigenvalue weighted by molar-refractivity contribution is 14.1. The van der Waals surface area contributed by atoms with Gasteiger partial charge in [-0.05, 0) is 79.1 Å². The van der Waals surface area contributed by atoms with E-state index in [4.69, 9.17) is 11.6 Å². The summed E-state index contributed by atoms with van der Waals surface area (Å²) in [5.41, 5.74) is 1.42. The van der Waals surface area contributed by atoms with Crippen LogP contribution in [0.5, 0.6) is 0 Å². The summed E-state index contributed by atoms with van der Waals surface area (Å²) >= 11 is 8.29. The predicted molar refractivity (Wildman–Crippen MR) is 113 cm³/mol. The molecule has 1 unspecified atom stereocenters. The van der Waals surface area contributed by atoms with Gasteiger partial charge in [-0.2, -0.15) is 0 Å². The Hall–Kier alpha value is -1.60. The smallest absolute Gasteiger partial charge is 0.257 e. The maximum absolute atomic E-state index is 13.1. The lowest BCUT2D eigenvalue weighted by atomic mass is 10.0. The molecular weight excluding hydrogens is 463 g/mol.